The van der Waals surface area contributed by atoms with Crippen LogP contribution in [-0.2, 0) is 9.53 Å². The molecule has 0 aliphatic rings. The minimum Gasteiger partial charge on any atom is -0.491 e. The van der Waals surface area contributed by atoms with Crippen LogP contribution < -0.4 is 4.74 Å². The number of nitrogens with zero attached hydrogens (tertiary/aromatic N) is 1. The van der Waals surface area contributed by atoms with Crippen LogP contribution in [0.4, 0.5) is 5.69 Å². The molecule has 0 saturated carbocycles. The monoisotopic (exact) mass is 273 g/mol. The Balaban J connectivity index is 2.58. The summed E-state index contributed by atoms with van der Waals surface area (Å²) in [6.45, 7) is 2.06. The van der Waals surface area contributed by atoms with Crippen LogP contribution in [0, 0.1) is 10.1 Å². The fourth-order valence-corrected chi connectivity index (χ4v) is 1.37. The molecule has 0 spiro atoms. The van der Waals surface area contributed by atoms with Gasteiger partial charge in [-0.05, 0) is 13.0 Å². The lowest BCUT2D eigenvalue weighted by atomic mass is 10.3. The third-order valence-corrected chi connectivity index (χ3v) is 2.31. The number of non-ortho nitro benzene ring substituents is 1. The van der Waals surface area contributed by atoms with E-state index in [-0.39, 0.29) is 35.5 Å². The Morgan fingerprint density at radius 3 is 2.83 bits per heavy atom. The smallest absolute Gasteiger partial charge is 0.309 e. The maximum Gasteiger partial charge on any atom is 0.309 e. The molecule has 98 valence electrons. The first-order valence-corrected chi connectivity index (χ1v) is 5.64. The van der Waals surface area contributed by atoms with Crippen molar-refractivity contribution in [2.45, 2.75) is 13.3 Å². The molecule has 0 bridgehead atoms. The summed E-state index contributed by atoms with van der Waals surface area (Å²) in [4.78, 5) is 21.1. The Bertz CT molecular complexity index is 449. The van der Waals surface area contributed by atoms with E-state index in [2.05, 4.69) is 0 Å². The second kappa shape index (κ2) is 6.80. The lowest BCUT2D eigenvalue weighted by Crippen LogP contribution is -2.09. The molecule has 0 amide bonds. The van der Waals surface area contributed by atoms with Gasteiger partial charge in [0.25, 0.3) is 5.69 Å². The van der Waals surface area contributed by atoms with E-state index in [0.29, 0.717) is 6.61 Å². The van der Waals surface area contributed by atoms with Crippen molar-refractivity contribution in [3.8, 4) is 5.75 Å². The number of hydrogen-bond acceptors (Lipinski definition) is 5. The van der Waals surface area contributed by atoms with Crippen molar-refractivity contribution in [2.75, 3.05) is 13.2 Å². The Hall–Kier alpha value is -1.82. The number of halogens is 1. The summed E-state index contributed by atoms with van der Waals surface area (Å²) >= 11 is 5.81. The molecule has 0 heterocycles. The predicted molar refractivity (Wildman–Crippen MR) is 64.9 cm³/mol. The van der Waals surface area contributed by atoms with Crippen LogP contribution in [-0.4, -0.2) is 24.1 Å². The molecule has 0 N–H and O–H groups in total. The summed E-state index contributed by atoms with van der Waals surface area (Å²) in [7, 11) is 0. The molecule has 0 saturated heterocycles. The highest BCUT2D eigenvalue weighted by Crippen LogP contribution is 2.28. The van der Waals surface area contributed by atoms with Crippen molar-refractivity contribution in [3.63, 3.8) is 0 Å². The average molecular weight is 274 g/mol. The topological polar surface area (TPSA) is 78.7 Å². The number of benzene rings is 1. The molecule has 0 aliphatic carbocycles. The van der Waals surface area contributed by atoms with E-state index in [4.69, 9.17) is 21.1 Å². The summed E-state index contributed by atoms with van der Waals surface area (Å²) in [5.41, 5.74) is -0.120. The van der Waals surface area contributed by atoms with Crippen molar-refractivity contribution in [1.29, 1.82) is 0 Å². The van der Waals surface area contributed by atoms with Gasteiger partial charge in [0.2, 0.25) is 0 Å². The fraction of sp³-hybridized carbons (Fsp3) is 0.364. The van der Waals surface area contributed by atoms with Crippen LogP contribution in [0.25, 0.3) is 0 Å². The molecule has 0 aromatic heterocycles. The van der Waals surface area contributed by atoms with E-state index in [0.717, 1.165) is 0 Å². The molecule has 7 heteroatoms. The molecule has 1 aromatic rings. The van der Waals surface area contributed by atoms with Gasteiger partial charge in [0.15, 0.2) is 0 Å². The minimum absolute atomic E-state index is 0.0553. The highest BCUT2D eigenvalue weighted by Gasteiger charge is 2.11. The lowest BCUT2D eigenvalue weighted by molar-refractivity contribution is -0.384. The predicted octanol–water partition coefficient (Wildman–Crippen LogP) is 2.58. The zero-order valence-corrected chi connectivity index (χ0v) is 10.5. The molecular formula is C11H12ClNO5. The van der Waals surface area contributed by atoms with E-state index in [1.165, 1.54) is 18.2 Å². The minimum atomic E-state index is -0.547. The van der Waals surface area contributed by atoms with Gasteiger partial charge in [-0.15, -0.1) is 0 Å². The van der Waals surface area contributed by atoms with E-state index < -0.39 is 4.92 Å². The van der Waals surface area contributed by atoms with Crippen LogP contribution in [0.3, 0.4) is 0 Å². The molecule has 0 atom stereocenters. The van der Waals surface area contributed by atoms with Gasteiger partial charge in [0.05, 0.1) is 35.6 Å². The Kier molecular flexibility index (Phi) is 5.38. The largest absolute Gasteiger partial charge is 0.491 e. The molecule has 0 unspecified atom stereocenters. The lowest BCUT2D eigenvalue weighted by Gasteiger charge is -2.07. The zero-order chi connectivity index (χ0) is 13.5. The number of ether oxygens (including phenoxy) is 2. The number of carbonyl (C=O) groups is 1. The second-order valence-corrected chi connectivity index (χ2v) is 3.68. The summed E-state index contributed by atoms with van der Waals surface area (Å²) in [5.74, 6) is -0.214. The fourth-order valence-electron chi connectivity index (χ4n) is 1.19. The summed E-state index contributed by atoms with van der Waals surface area (Å²) in [6.07, 6.45) is 0.0624. The Morgan fingerprint density at radius 2 is 2.22 bits per heavy atom. The maximum absolute atomic E-state index is 11.0. The van der Waals surface area contributed by atoms with Crippen molar-refractivity contribution >= 4 is 23.3 Å². The number of nitro benzene ring substituents is 1. The number of hydrogen-bond donors (Lipinski definition) is 0. The average Bonchev–Trinajstić information content (AvgIpc) is 2.31. The molecule has 1 aromatic carbocycles. The highest BCUT2D eigenvalue weighted by atomic mass is 35.5. The van der Waals surface area contributed by atoms with Crippen LogP contribution >= 0.6 is 11.6 Å². The molecule has 6 nitrogen and oxygen atoms in total. The number of esters is 1. The van der Waals surface area contributed by atoms with Gasteiger partial charge in [0, 0.05) is 6.07 Å². The number of nitro groups is 1. The van der Waals surface area contributed by atoms with E-state index in [1.54, 1.807) is 6.92 Å². The first kappa shape index (κ1) is 14.2. The summed E-state index contributed by atoms with van der Waals surface area (Å²) in [6, 6.07) is 3.87. The van der Waals surface area contributed by atoms with Gasteiger partial charge in [-0.1, -0.05) is 11.6 Å². The van der Waals surface area contributed by atoms with Crippen LogP contribution in [0.2, 0.25) is 5.02 Å². The van der Waals surface area contributed by atoms with Gasteiger partial charge in [-0.2, -0.15) is 0 Å². The molecule has 0 fully saturated rings. The second-order valence-electron chi connectivity index (χ2n) is 3.28. The first-order valence-electron chi connectivity index (χ1n) is 5.27. The van der Waals surface area contributed by atoms with E-state index in [9.17, 15) is 14.9 Å². The van der Waals surface area contributed by atoms with Crippen LogP contribution in [0.1, 0.15) is 13.3 Å². The maximum atomic E-state index is 11.0. The SMILES string of the molecule is CCOC(=O)CCOc1cc([N+](=O)[O-])ccc1Cl. The van der Waals surface area contributed by atoms with E-state index in [1.807, 2.05) is 0 Å². The third-order valence-electron chi connectivity index (χ3n) is 1.99. The van der Waals surface area contributed by atoms with Gasteiger partial charge in [0.1, 0.15) is 5.75 Å². The summed E-state index contributed by atoms with van der Waals surface area (Å²) < 4.78 is 9.92. The van der Waals surface area contributed by atoms with E-state index >= 15 is 0 Å². The van der Waals surface area contributed by atoms with Crippen LogP contribution in [0.5, 0.6) is 5.75 Å². The molecule has 1 rings (SSSR count). The van der Waals surface area contributed by atoms with Gasteiger partial charge >= 0.3 is 5.97 Å². The summed E-state index contributed by atoms with van der Waals surface area (Å²) in [5, 5.41) is 10.8. The Morgan fingerprint density at radius 1 is 1.50 bits per heavy atom. The van der Waals surface area contributed by atoms with Gasteiger partial charge in [-0.25, -0.2) is 0 Å². The number of carbonyl (C=O) groups excluding carboxylic acids is 1. The van der Waals surface area contributed by atoms with Gasteiger partial charge < -0.3 is 9.47 Å². The molecular weight excluding hydrogens is 262 g/mol. The quantitative estimate of drug-likeness (QED) is 0.452. The molecule has 0 aliphatic heterocycles. The third kappa shape index (κ3) is 4.21. The standard InChI is InChI=1S/C11H12ClNO5/c1-2-17-11(14)5-6-18-10-7-8(13(15)16)3-4-9(10)12/h3-4,7H,2,5-6H2,1H3. The molecule has 0 radical (unpaired) electrons. The highest BCUT2D eigenvalue weighted by molar-refractivity contribution is 6.32. The van der Waals surface area contributed by atoms with Crippen molar-refractivity contribution in [3.05, 3.63) is 33.3 Å². The van der Waals surface area contributed by atoms with Crippen molar-refractivity contribution in [2.24, 2.45) is 0 Å². The van der Waals surface area contributed by atoms with Crippen LogP contribution in [0.15, 0.2) is 18.2 Å². The van der Waals surface area contributed by atoms with Gasteiger partial charge in [-0.3, -0.25) is 14.9 Å². The molecule has 18 heavy (non-hydrogen) atoms. The normalized spacial score (nSPS) is 9.89. The number of rotatable bonds is 6. The first-order chi connectivity index (χ1) is 8.54. The van der Waals surface area contributed by atoms with Crippen molar-refractivity contribution < 1.29 is 19.2 Å². The zero-order valence-electron chi connectivity index (χ0n) is 9.72. The Labute approximate surface area is 109 Å². The van der Waals surface area contributed by atoms with Crippen molar-refractivity contribution in [1.82, 2.24) is 0 Å².